The first-order chi connectivity index (χ1) is 13.8. The van der Waals surface area contributed by atoms with Crippen molar-refractivity contribution in [1.29, 1.82) is 0 Å². The van der Waals surface area contributed by atoms with Crippen molar-refractivity contribution in [3.63, 3.8) is 0 Å². The van der Waals surface area contributed by atoms with E-state index in [4.69, 9.17) is 23.2 Å². The highest BCUT2D eigenvalue weighted by Crippen LogP contribution is 2.25. The number of nitrogens with zero attached hydrogens (tertiary/aromatic N) is 3. The summed E-state index contributed by atoms with van der Waals surface area (Å²) in [5.74, 6) is -0.205. The van der Waals surface area contributed by atoms with Crippen LogP contribution in [-0.4, -0.2) is 39.8 Å². The quantitative estimate of drug-likeness (QED) is 0.662. The molecule has 1 atom stereocenters. The molecule has 3 aromatic rings. The summed E-state index contributed by atoms with van der Waals surface area (Å²) in [6.07, 6.45) is 0. The molecule has 0 aliphatic carbocycles. The monoisotopic (exact) mass is 430 g/mol. The lowest BCUT2D eigenvalue weighted by Gasteiger charge is -2.22. The number of aromatic nitrogens is 2. The minimum Gasteiger partial charge on any atom is -0.340 e. The van der Waals surface area contributed by atoms with Gasteiger partial charge < -0.3 is 10.2 Å². The molecule has 1 heterocycles. The third kappa shape index (κ3) is 4.66. The third-order valence-corrected chi connectivity index (χ3v) is 5.33. The molecule has 0 aliphatic heterocycles. The predicted molar refractivity (Wildman–Crippen MR) is 114 cm³/mol. The van der Waals surface area contributed by atoms with Gasteiger partial charge in [-0.25, -0.2) is 9.97 Å². The summed E-state index contributed by atoms with van der Waals surface area (Å²) >= 11 is 12.0. The van der Waals surface area contributed by atoms with Gasteiger partial charge in [0.2, 0.25) is 5.91 Å². The second-order valence-corrected chi connectivity index (χ2v) is 7.52. The van der Waals surface area contributed by atoms with Gasteiger partial charge in [0.15, 0.2) is 0 Å². The summed E-state index contributed by atoms with van der Waals surface area (Å²) in [6.45, 7) is 3.75. The molecule has 0 fully saturated rings. The Kier molecular flexibility index (Phi) is 6.35. The Balaban J connectivity index is 1.69. The molecule has 150 valence electrons. The van der Waals surface area contributed by atoms with Crippen LogP contribution in [0, 0.1) is 6.92 Å². The number of likely N-dealkylation sites (N-methyl/N-ethyl adjacent to an activating group) is 1. The molecular formula is C21H20Cl2N4O2. The number of hydrogen-bond donors (Lipinski definition) is 1. The zero-order valence-corrected chi connectivity index (χ0v) is 17.8. The van der Waals surface area contributed by atoms with Crippen LogP contribution in [-0.2, 0) is 11.3 Å². The summed E-state index contributed by atoms with van der Waals surface area (Å²) in [4.78, 5) is 35.7. The van der Waals surface area contributed by atoms with Crippen LogP contribution in [0.3, 0.4) is 0 Å². The summed E-state index contributed by atoms with van der Waals surface area (Å²) in [7, 11) is 1.64. The molecule has 0 spiro atoms. The topological polar surface area (TPSA) is 75.2 Å². The van der Waals surface area contributed by atoms with Crippen LogP contribution in [0.25, 0.3) is 10.9 Å². The molecule has 2 amide bonds. The van der Waals surface area contributed by atoms with E-state index in [9.17, 15) is 9.59 Å². The molecule has 0 aliphatic rings. The van der Waals surface area contributed by atoms with Gasteiger partial charge in [0.1, 0.15) is 11.9 Å². The minimum absolute atomic E-state index is 0.153. The average Bonchev–Trinajstić information content (AvgIpc) is 2.69. The normalized spacial score (nSPS) is 11.9. The van der Waals surface area contributed by atoms with Gasteiger partial charge in [-0.15, -0.1) is 0 Å². The summed E-state index contributed by atoms with van der Waals surface area (Å²) < 4.78 is 0. The molecule has 0 saturated heterocycles. The number of fused-ring (bicyclic) bond motifs is 1. The zero-order chi connectivity index (χ0) is 21.1. The number of para-hydroxylation sites is 1. The SMILES string of the molecule is Cc1nc(CN(C)C(=O)C(C)NC(=O)c2cccc(Cl)c2Cl)nc2ccccc12. The highest BCUT2D eigenvalue weighted by atomic mass is 35.5. The molecule has 1 unspecified atom stereocenters. The second-order valence-electron chi connectivity index (χ2n) is 6.73. The Hall–Kier alpha value is -2.70. The van der Waals surface area contributed by atoms with Gasteiger partial charge in [0.05, 0.1) is 27.7 Å². The first-order valence-electron chi connectivity index (χ1n) is 9.00. The van der Waals surface area contributed by atoms with Crippen molar-refractivity contribution < 1.29 is 9.59 Å². The molecular weight excluding hydrogens is 411 g/mol. The second kappa shape index (κ2) is 8.76. The Morgan fingerprint density at radius 2 is 1.83 bits per heavy atom. The summed E-state index contributed by atoms with van der Waals surface area (Å²) in [5.41, 5.74) is 1.89. The van der Waals surface area contributed by atoms with E-state index in [2.05, 4.69) is 15.3 Å². The van der Waals surface area contributed by atoms with Crippen molar-refractivity contribution >= 4 is 45.9 Å². The number of carbonyl (C=O) groups is 2. The lowest BCUT2D eigenvalue weighted by atomic mass is 10.2. The summed E-state index contributed by atoms with van der Waals surface area (Å²) in [5, 5.41) is 4.06. The van der Waals surface area contributed by atoms with Crippen LogP contribution in [0.2, 0.25) is 10.0 Å². The number of aryl methyl sites for hydroxylation is 1. The first-order valence-corrected chi connectivity index (χ1v) is 9.75. The van der Waals surface area contributed by atoms with E-state index in [1.165, 1.54) is 4.90 Å². The standard InChI is InChI=1S/C21H20Cl2N4O2/c1-12-14-7-4-5-10-17(14)26-18(24-12)11-27(3)21(29)13(2)25-20(28)15-8-6-9-16(22)19(15)23/h4-10,13H,11H2,1-3H3,(H,25,28). The Bertz CT molecular complexity index is 1090. The van der Waals surface area contributed by atoms with Gasteiger partial charge in [-0.1, -0.05) is 47.5 Å². The largest absolute Gasteiger partial charge is 0.340 e. The molecule has 8 heteroatoms. The average molecular weight is 431 g/mol. The Labute approximate surface area is 178 Å². The molecule has 0 radical (unpaired) electrons. The maximum atomic E-state index is 12.7. The van der Waals surface area contributed by atoms with E-state index in [-0.39, 0.29) is 28.1 Å². The number of nitrogens with one attached hydrogen (secondary N) is 1. The molecule has 3 rings (SSSR count). The van der Waals surface area contributed by atoms with E-state index >= 15 is 0 Å². The van der Waals surface area contributed by atoms with Crippen molar-refractivity contribution in [2.75, 3.05) is 7.05 Å². The number of hydrogen-bond acceptors (Lipinski definition) is 4. The number of benzene rings is 2. The molecule has 6 nitrogen and oxygen atoms in total. The molecule has 2 aromatic carbocycles. The zero-order valence-electron chi connectivity index (χ0n) is 16.2. The molecule has 1 aromatic heterocycles. The molecule has 0 saturated carbocycles. The third-order valence-electron chi connectivity index (χ3n) is 4.51. The predicted octanol–water partition coefficient (Wildman–Crippen LogP) is 4.02. The van der Waals surface area contributed by atoms with Crippen molar-refractivity contribution in [3.8, 4) is 0 Å². The number of halogens is 2. The minimum atomic E-state index is -0.760. The highest BCUT2D eigenvalue weighted by molar-refractivity contribution is 6.43. The number of amides is 2. The van der Waals surface area contributed by atoms with E-state index in [0.29, 0.717) is 5.82 Å². The molecule has 1 N–H and O–H groups in total. The van der Waals surface area contributed by atoms with Crippen LogP contribution in [0.4, 0.5) is 0 Å². The maximum Gasteiger partial charge on any atom is 0.253 e. The van der Waals surface area contributed by atoms with Crippen LogP contribution in [0.1, 0.15) is 28.8 Å². The highest BCUT2D eigenvalue weighted by Gasteiger charge is 2.22. The lowest BCUT2D eigenvalue weighted by Crippen LogP contribution is -2.45. The Morgan fingerprint density at radius 3 is 2.59 bits per heavy atom. The van der Waals surface area contributed by atoms with Crippen LogP contribution in [0.5, 0.6) is 0 Å². The van der Waals surface area contributed by atoms with E-state index in [1.54, 1.807) is 32.2 Å². The van der Waals surface area contributed by atoms with E-state index in [1.807, 2.05) is 31.2 Å². The molecule has 29 heavy (non-hydrogen) atoms. The number of carbonyl (C=O) groups excluding carboxylic acids is 2. The van der Waals surface area contributed by atoms with Crippen LogP contribution in [0.15, 0.2) is 42.5 Å². The molecule has 0 bridgehead atoms. The first kappa shape index (κ1) is 21.0. The van der Waals surface area contributed by atoms with Crippen molar-refractivity contribution in [1.82, 2.24) is 20.2 Å². The van der Waals surface area contributed by atoms with Crippen molar-refractivity contribution in [2.45, 2.75) is 26.4 Å². The van der Waals surface area contributed by atoms with Gasteiger partial charge in [0.25, 0.3) is 5.91 Å². The van der Waals surface area contributed by atoms with Crippen molar-refractivity contribution in [3.05, 3.63) is 69.6 Å². The maximum absolute atomic E-state index is 12.7. The van der Waals surface area contributed by atoms with Gasteiger partial charge in [-0.05, 0) is 32.0 Å². The van der Waals surface area contributed by atoms with Gasteiger partial charge in [0, 0.05) is 18.1 Å². The van der Waals surface area contributed by atoms with E-state index in [0.717, 1.165) is 16.6 Å². The summed E-state index contributed by atoms with van der Waals surface area (Å²) in [6, 6.07) is 11.7. The Morgan fingerprint density at radius 1 is 1.10 bits per heavy atom. The fourth-order valence-electron chi connectivity index (χ4n) is 3.00. The van der Waals surface area contributed by atoms with Gasteiger partial charge in [-0.3, -0.25) is 9.59 Å². The fourth-order valence-corrected chi connectivity index (χ4v) is 3.39. The lowest BCUT2D eigenvalue weighted by molar-refractivity contribution is -0.132. The van der Waals surface area contributed by atoms with Gasteiger partial charge in [-0.2, -0.15) is 0 Å². The van der Waals surface area contributed by atoms with Crippen molar-refractivity contribution in [2.24, 2.45) is 0 Å². The smallest absolute Gasteiger partial charge is 0.253 e. The van der Waals surface area contributed by atoms with Gasteiger partial charge >= 0.3 is 0 Å². The number of rotatable bonds is 5. The van der Waals surface area contributed by atoms with E-state index < -0.39 is 11.9 Å². The fraction of sp³-hybridized carbons (Fsp3) is 0.238. The van der Waals surface area contributed by atoms with Crippen LogP contribution >= 0.6 is 23.2 Å². The van der Waals surface area contributed by atoms with Crippen LogP contribution < -0.4 is 5.32 Å².